The first-order valence-corrected chi connectivity index (χ1v) is 17.3. The molecular weight excluding hydrogens is 690 g/mol. The fourth-order valence-corrected chi connectivity index (χ4v) is 5.53. The van der Waals surface area contributed by atoms with Crippen LogP contribution in [0.15, 0.2) is 128 Å². The number of aromatic nitrogens is 2. The van der Waals surface area contributed by atoms with Crippen molar-refractivity contribution in [1.82, 2.24) is 19.8 Å². The number of carboxylic acid groups (broad SMARTS) is 1. The summed E-state index contributed by atoms with van der Waals surface area (Å²) in [5.41, 5.74) is 9.97. The molecule has 4 aromatic carbocycles. The van der Waals surface area contributed by atoms with E-state index in [4.69, 9.17) is 19.9 Å². The third-order valence-electron chi connectivity index (χ3n) is 8.37. The van der Waals surface area contributed by atoms with E-state index >= 15 is 0 Å². The normalized spacial score (nSPS) is 12.6. The van der Waals surface area contributed by atoms with Gasteiger partial charge in [-0.25, -0.2) is 19.5 Å². The summed E-state index contributed by atoms with van der Waals surface area (Å²) >= 11 is 0. The van der Waals surface area contributed by atoms with Crippen molar-refractivity contribution in [2.24, 2.45) is 12.8 Å². The Morgan fingerprint density at radius 1 is 0.778 bits per heavy atom. The minimum Gasteiger partial charge on any atom is -0.489 e. The number of ether oxygens (including phenoxy) is 3. The summed E-state index contributed by atoms with van der Waals surface area (Å²) in [4.78, 5) is 59.5. The van der Waals surface area contributed by atoms with Gasteiger partial charge in [-0.05, 0) is 40.8 Å². The second-order valence-corrected chi connectivity index (χ2v) is 12.6. The molecule has 0 bridgehead atoms. The minimum absolute atomic E-state index is 0.00324. The molecule has 0 aliphatic rings. The number of aryl methyl sites for hydroxylation is 1. The van der Waals surface area contributed by atoms with Crippen LogP contribution in [-0.4, -0.2) is 68.2 Å². The number of rotatable bonds is 18. The number of imide groups is 1. The molecule has 13 heteroatoms. The lowest BCUT2D eigenvalue weighted by atomic mass is 10.0. The van der Waals surface area contributed by atoms with Crippen molar-refractivity contribution in [3.05, 3.63) is 156 Å². The minimum atomic E-state index is -1.59. The highest BCUT2D eigenvalue weighted by molar-refractivity contribution is 6.01. The highest BCUT2D eigenvalue weighted by Gasteiger charge is 2.40. The second kappa shape index (κ2) is 19.5. The van der Waals surface area contributed by atoms with Crippen molar-refractivity contribution in [3.8, 4) is 5.75 Å². The molecule has 5 rings (SSSR count). The van der Waals surface area contributed by atoms with E-state index < -0.39 is 42.0 Å². The standard InChI is InChI=1S/C41H43N5O8/c1-45-23-33(43-28-45)22-37(38(47)44-36(40(49)50)27-52-24-30-11-5-2-6-12-30)46(41(51)54-26-32-15-9-4-10-16-32)39(48)35(42)21-29-17-19-34(20-18-29)53-25-31-13-7-3-8-14-31/h2-20,23,28,35-37H,21-22,24-27,42H2,1H3,(H,44,47)(H,49,50)/t35-,36-,37+/m0/s1. The summed E-state index contributed by atoms with van der Waals surface area (Å²) in [6, 6.07) is 30.3. The van der Waals surface area contributed by atoms with Gasteiger partial charge in [0.1, 0.15) is 25.0 Å². The van der Waals surface area contributed by atoms with Crippen LogP contribution in [0.1, 0.15) is 27.9 Å². The average Bonchev–Trinajstić information content (AvgIpc) is 3.61. The molecular formula is C41H43N5O8. The lowest BCUT2D eigenvalue weighted by molar-refractivity contribution is -0.146. The molecule has 0 radical (unpaired) electrons. The number of hydrogen-bond acceptors (Lipinski definition) is 9. The quantitative estimate of drug-likeness (QED) is 0.117. The second-order valence-electron chi connectivity index (χ2n) is 12.6. The van der Waals surface area contributed by atoms with Gasteiger partial charge in [-0.1, -0.05) is 103 Å². The molecule has 5 aromatic rings. The number of imidazole rings is 1. The van der Waals surface area contributed by atoms with Crippen LogP contribution in [0.2, 0.25) is 0 Å². The van der Waals surface area contributed by atoms with Crippen LogP contribution >= 0.6 is 0 Å². The summed E-state index contributed by atoms with van der Waals surface area (Å²) in [7, 11) is 1.72. The molecule has 0 saturated carbocycles. The van der Waals surface area contributed by atoms with E-state index in [1.165, 1.54) is 6.33 Å². The van der Waals surface area contributed by atoms with Crippen molar-refractivity contribution in [1.29, 1.82) is 0 Å². The molecule has 0 unspecified atom stereocenters. The van der Waals surface area contributed by atoms with E-state index in [1.807, 2.05) is 60.7 Å². The van der Waals surface area contributed by atoms with Gasteiger partial charge in [0.25, 0.3) is 0 Å². The van der Waals surface area contributed by atoms with Crippen LogP contribution in [0.4, 0.5) is 4.79 Å². The molecule has 54 heavy (non-hydrogen) atoms. The van der Waals surface area contributed by atoms with Gasteiger partial charge < -0.3 is 34.9 Å². The van der Waals surface area contributed by atoms with Gasteiger partial charge in [0.05, 0.1) is 31.3 Å². The lowest BCUT2D eigenvalue weighted by Crippen LogP contribution is -2.59. The number of benzene rings is 4. The van der Waals surface area contributed by atoms with Gasteiger partial charge in [0, 0.05) is 19.7 Å². The van der Waals surface area contributed by atoms with E-state index in [1.54, 1.807) is 72.4 Å². The number of amides is 3. The van der Waals surface area contributed by atoms with Crippen molar-refractivity contribution in [2.75, 3.05) is 6.61 Å². The molecule has 0 spiro atoms. The van der Waals surface area contributed by atoms with Crippen molar-refractivity contribution < 1.29 is 38.5 Å². The zero-order valence-corrected chi connectivity index (χ0v) is 29.8. The summed E-state index contributed by atoms with van der Waals surface area (Å²) in [5, 5.41) is 12.5. The molecule has 0 aliphatic carbocycles. The molecule has 1 heterocycles. The SMILES string of the molecule is Cn1cnc(C[C@H](C(=O)N[C@@H](COCc2ccccc2)C(=O)O)N(C(=O)OCc2ccccc2)C(=O)[C@@H](N)Cc2ccc(OCc3ccccc3)cc2)c1. The third kappa shape index (κ3) is 11.6. The largest absolute Gasteiger partial charge is 0.489 e. The van der Waals surface area contributed by atoms with Gasteiger partial charge in [-0.3, -0.25) is 9.59 Å². The van der Waals surface area contributed by atoms with Crippen LogP contribution in [0, 0.1) is 0 Å². The predicted molar refractivity (Wildman–Crippen MR) is 199 cm³/mol. The van der Waals surface area contributed by atoms with Crippen LogP contribution in [0.25, 0.3) is 0 Å². The van der Waals surface area contributed by atoms with Crippen LogP contribution in [0.5, 0.6) is 5.75 Å². The Morgan fingerprint density at radius 3 is 1.91 bits per heavy atom. The number of aliphatic carboxylic acids is 1. The number of carboxylic acids is 1. The zero-order valence-electron chi connectivity index (χ0n) is 29.8. The average molecular weight is 734 g/mol. The number of nitrogens with two attached hydrogens (primary N) is 1. The molecule has 4 N–H and O–H groups in total. The smallest absolute Gasteiger partial charge is 0.417 e. The maximum Gasteiger partial charge on any atom is 0.417 e. The summed E-state index contributed by atoms with van der Waals surface area (Å²) in [6.45, 7) is -0.113. The molecule has 0 aliphatic heterocycles. The molecule has 3 atom stereocenters. The number of nitrogens with one attached hydrogen (secondary N) is 1. The molecule has 0 saturated heterocycles. The Bertz CT molecular complexity index is 1960. The van der Waals surface area contributed by atoms with Crippen molar-refractivity contribution in [2.45, 2.75) is 50.8 Å². The summed E-state index contributed by atoms with van der Waals surface area (Å²) in [6.07, 6.45) is 1.74. The maximum atomic E-state index is 14.2. The monoisotopic (exact) mass is 733 g/mol. The van der Waals surface area contributed by atoms with Crippen LogP contribution < -0.4 is 15.8 Å². The van der Waals surface area contributed by atoms with Crippen molar-refractivity contribution >= 4 is 23.9 Å². The van der Waals surface area contributed by atoms with Gasteiger partial charge in [0.15, 0.2) is 6.04 Å². The summed E-state index contributed by atoms with van der Waals surface area (Å²) < 4.78 is 18.7. The Morgan fingerprint density at radius 2 is 1.35 bits per heavy atom. The first kappa shape index (κ1) is 38.9. The van der Waals surface area contributed by atoms with E-state index in [9.17, 15) is 24.3 Å². The van der Waals surface area contributed by atoms with Crippen molar-refractivity contribution in [3.63, 3.8) is 0 Å². The van der Waals surface area contributed by atoms with E-state index in [0.29, 0.717) is 34.1 Å². The highest BCUT2D eigenvalue weighted by Crippen LogP contribution is 2.18. The molecule has 3 amide bonds. The molecule has 1 aromatic heterocycles. The Balaban J connectivity index is 1.36. The van der Waals surface area contributed by atoms with Gasteiger partial charge in [0.2, 0.25) is 11.8 Å². The fraction of sp³-hybridized carbons (Fsp3) is 0.244. The fourth-order valence-electron chi connectivity index (χ4n) is 5.53. The number of hydrogen-bond donors (Lipinski definition) is 3. The lowest BCUT2D eigenvalue weighted by Gasteiger charge is -2.31. The van der Waals surface area contributed by atoms with Gasteiger partial charge >= 0.3 is 12.1 Å². The first-order valence-electron chi connectivity index (χ1n) is 17.3. The van der Waals surface area contributed by atoms with Gasteiger partial charge in [-0.2, -0.15) is 0 Å². The number of nitrogens with zero attached hydrogens (tertiary/aromatic N) is 3. The van der Waals surface area contributed by atoms with Gasteiger partial charge in [-0.15, -0.1) is 0 Å². The van der Waals surface area contributed by atoms with E-state index in [2.05, 4.69) is 10.3 Å². The Kier molecular flexibility index (Phi) is 14.1. The predicted octanol–water partition coefficient (Wildman–Crippen LogP) is 4.43. The number of carbonyl (C=O) groups excluding carboxylic acids is 3. The first-order chi connectivity index (χ1) is 26.2. The molecule has 0 fully saturated rings. The maximum absolute atomic E-state index is 14.2. The van der Waals surface area contributed by atoms with Crippen LogP contribution in [0.3, 0.4) is 0 Å². The third-order valence-corrected chi connectivity index (χ3v) is 8.37. The van der Waals surface area contributed by atoms with E-state index in [0.717, 1.165) is 11.1 Å². The highest BCUT2D eigenvalue weighted by atomic mass is 16.6. The van der Waals surface area contributed by atoms with Crippen LogP contribution in [-0.2, 0) is 63.6 Å². The Labute approximate surface area is 313 Å². The zero-order chi connectivity index (χ0) is 38.3. The Hall–Kier alpha value is -6.31. The topological polar surface area (TPSA) is 175 Å². The molecule has 280 valence electrons. The summed E-state index contributed by atoms with van der Waals surface area (Å²) in [5.74, 6) is -2.60. The molecule has 13 nitrogen and oxygen atoms in total. The van der Waals surface area contributed by atoms with E-state index in [-0.39, 0.29) is 32.7 Å². The number of carbonyl (C=O) groups is 4.